The molecule has 2 rings (SSSR count). The van der Waals surface area contributed by atoms with E-state index in [0.29, 0.717) is 29.1 Å². The van der Waals surface area contributed by atoms with E-state index in [1.54, 1.807) is 31.4 Å². The van der Waals surface area contributed by atoms with E-state index in [2.05, 4.69) is 31.0 Å². The molecule has 0 radical (unpaired) electrons. The van der Waals surface area contributed by atoms with Gasteiger partial charge in [0.05, 0.1) is 25.6 Å². The number of rotatable bonds is 8. The molecule has 0 unspecified atom stereocenters. The second kappa shape index (κ2) is 8.32. The molecular formula is C15H18BrN3O4S. The van der Waals surface area contributed by atoms with Gasteiger partial charge in [-0.2, -0.15) is 0 Å². The van der Waals surface area contributed by atoms with E-state index in [4.69, 9.17) is 9.47 Å². The van der Waals surface area contributed by atoms with Gasteiger partial charge in [-0.25, -0.2) is 13.4 Å². The number of sulfonamides is 1. The summed E-state index contributed by atoms with van der Waals surface area (Å²) in [6, 6.07) is 8.09. The van der Waals surface area contributed by atoms with Crippen molar-refractivity contribution in [3.63, 3.8) is 0 Å². The molecule has 9 heteroatoms. The van der Waals surface area contributed by atoms with Crippen LogP contribution in [0.4, 0.5) is 11.5 Å². The van der Waals surface area contributed by atoms with Crippen LogP contribution in [0.25, 0.3) is 0 Å². The van der Waals surface area contributed by atoms with Crippen LogP contribution in [0.2, 0.25) is 0 Å². The number of ether oxygens (including phenoxy) is 2. The summed E-state index contributed by atoms with van der Waals surface area (Å²) < 4.78 is 38.3. The monoisotopic (exact) mass is 415 g/mol. The summed E-state index contributed by atoms with van der Waals surface area (Å²) in [5.41, 5.74) is 0.356. The van der Waals surface area contributed by atoms with Gasteiger partial charge < -0.3 is 14.8 Å². The third-order valence-corrected chi connectivity index (χ3v) is 4.94. The molecule has 24 heavy (non-hydrogen) atoms. The first-order valence-corrected chi connectivity index (χ1v) is 9.29. The van der Waals surface area contributed by atoms with Crippen LogP contribution in [-0.4, -0.2) is 40.8 Å². The third-order valence-electron chi connectivity index (χ3n) is 3.04. The van der Waals surface area contributed by atoms with Gasteiger partial charge in [-0.05, 0) is 30.3 Å². The molecule has 2 N–H and O–H groups in total. The van der Waals surface area contributed by atoms with Crippen LogP contribution in [0.15, 0.2) is 45.9 Å². The van der Waals surface area contributed by atoms with Crippen LogP contribution in [0.3, 0.4) is 0 Å². The van der Waals surface area contributed by atoms with Crippen LogP contribution in [0, 0.1) is 0 Å². The zero-order chi connectivity index (χ0) is 17.6. The average molecular weight is 416 g/mol. The van der Waals surface area contributed by atoms with Crippen molar-refractivity contribution in [2.24, 2.45) is 0 Å². The van der Waals surface area contributed by atoms with E-state index >= 15 is 0 Å². The van der Waals surface area contributed by atoms with Gasteiger partial charge in [0.1, 0.15) is 16.5 Å². The molecule has 1 heterocycles. The molecule has 0 saturated carbocycles. The van der Waals surface area contributed by atoms with Gasteiger partial charge >= 0.3 is 0 Å². The van der Waals surface area contributed by atoms with Gasteiger partial charge in [0.15, 0.2) is 0 Å². The fraction of sp³-hybridized carbons (Fsp3) is 0.267. The number of pyridine rings is 1. The highest BCUT2D eigenvalue weighted by atomic mass is 79.9. The molecule has 2 aromatic rings. The standard InChI is InChI=1S/C15H18BrN3O4S/c1-22-8-7-17-15-6-4-12(10-18-15)19-24(20,21)14-9-11(16)3-5-13(14)23-2/h3-6,9-10,19H,7-8H2,1-2H3,(H,17,18). The molecule has 1 aromatic carbocycles. The summed E-state index contributed by atoms with van der Waals surface area (Å²) in [5.74, 6) is 0.895. The summed E-state index contributed by atoms with van der Waals surface area (Å²) in [7, 11) is -0.763. The Hall–Kier alpha value is -1.84. The van der Waals surface area contributed by atoms with Crippen molar-refractivity contribution < 1.29 is 17.9 Å². The van der Waals surface area contributed by atoms with E-state index in [0.717, 1.165) is 0 Å². The van der Waals surface area contributed by atoms with Gasteiger partial charge in [0.25, 0.3) is 10.0 Å². The Balaban J connectivity index is 2.16. The molecule has 7 nitrogen and oxygen atoms in total. The second-order valence-corrected chi connectivity index (χ2v) is 7.32. The summed E-state index contributed by atoms with van der Waals surface area (Å²) >= 11 is 3.26. The molecule has 0 amide bonds. The molecule has 0 aliphatic rings. The fourth-order valence-electron chi connectivity index (χ4n) is 1.91. The minimum Gasteiger partial charge on any atom is -0.495 e. The van der Waals surface area contributed by atoms with Gasteiger partial charge in [-0.3, -0.25) is 4.72 Å². The highest BCUT2D eigenvalue weighted by molar-refractivity contribution is 9.10. The number of benzene rings is 1. The van der Waals surface area contributed by atoms with E-state index in [-0.39, 0.29) is 10.6 Å². The van der Waals surface area contributed by atoms with E-state index in [1.165, 1.54) is 19.4 Å². The van der Waals surface area contributed by atoms with Gasteiger partial charge in [-0.15, -0.1) is 0 Å². The summed E-state index contributed by atoms with van der Waals surface area (Å²) in [6.07, 6.45) is 1.44. The van der Waals surface area contributed by atoms with Crippen molar-refractivity contribution >= 4 is 37.5 Å². The number of hydrogen-bond donors (Lipinski definition) is 2. The van der Waals surface area contributed by atoms with Crippen LogP contribution in [0.1, 0.15) is 0 Å². The second-order valence-electron chi connectivity index (χ2n) is 4.75. The summed E-state index contributed by atoms with van der Waals surface area (Å²) in [6.45, 7) is 1.17. The first kappa shape index (κ1) is 18.5. The van der Waals surface area contributed by atoms with Crippen molar-refractivity contribution in [3.05, 3.63) is 41.0 Å². The molecular weight excluding hydrogens is 398 g/mol. The lowest BCUT2D eigenvalue weighted by molar-refractivity contribution is 0.210. The third kappa shape index (κ3) is 4.83. The Morgan fingerprint density at radius 1 is 1.21 bits per heavy atom. The number of anilines is 2. The number of hydrogen-bond acceptors (Lipinski definition) is 6. The Morgan fingerprint density at radius 3 is 2.62 bits per heavy atom. The van der Waals surface area contributed by atoms with Crippen molar-refractivity contribution in [2.45, 2.75) is 4.90 Å². The molecule has 0 saturated heterocycles. The van der Waals surface area contributed by atoms with Crippen LogP contribution in [-0.2, 0) is 14.8 Å². The first-order valence-electron chi connectivity index (χ1n) is 7.01. The molecule has 0 atom stereocenters. The molecule has 0 fully saturated rings. The zero-order valence-electron chi connectivity index (χ0n) is 13.2. The largest absolute Gasteiger partial charge is 0.495 e. The minimum absolute atomic E-state index is 0.0432. The number of methoxy groups -OCH3 is 2. The number of nitrogens with zero attached hydrogens (tertiary/aromatic N) is 1. The quantitative estimate of drug-likeness (QED) is 0.644. The molecule has 0 bridgehead atoms. The average Bonchev–Trinajstić information content (AvgIpc) is 2.56. The van der Waals surface area contributed by atoms with Gasteiger partial charge in [-0.1, -0.05) is 15.9 Å². The molecule has 1 aromatic heterocycles. The highest BCUT2D eigenvalue weighted by Crippen LogP contribution is 2.28. The number of halogens is 1. The van der Waals surface area contributed by atoms with Crippen molar-refractivity contribution in [2.75, 3.05) is 37.4 Å². The lowest BCUT2D eigenvalue weighted by Gasteiger charge is -2.12. The smallest absolute Gasteiger partial charge is 0.265 e. The normalized spacial score (nSPS) is 11.1. The molecule has 0 aliphatic carbocycles. The molecule has 0 aliphatic heterocycles. The summed E-state index contributed by atoms with van der Waals surface area (Å²) in [4.78, 5) is 4.20. The molecule has 0 spiro atoms. The molecule has 130 valence electrons. The predicted molar refractivity (Wildman–Crippen MR) is 96.1 cm³/mol. The Morgan fingerprint density at radius 2 is 2.00 bits per heavy atom. The van der Waals surface area contributed by atoms with Gasteiger partial charge in [0, 0.05) is 18.1 Å². The van der Waals surface area contributed by atoms with Crippen LogP contribution in [0.5, 0.6) is 5.75 Å². The van der Waals surface area contributed by atoms with Crippen LogP contribution >= 0.6 is 15.9 Å². The van der Waals surface area contributed by atoms with E-state index in [1.807, 2.05) is 0 Å². The minimum atomic E-state index is -3.80. The SMILES string of the molecule is COCCNc1ccc(NS(=O)(=O)c2cc(Br)ccc2OC)cn1. The number of nitrogens with one attached hydrogen (secondary N) is 2. The first-order chi connectivity index (χ1) is 11.5. The Kier molecular flexibility index (Phi) is 6.41. The van der Waals surface area contributed by atoms with E-state index in [9.17, 15) is 8.42 Å². The lowest BCUT2D eigenvalue weighted by Crippen LogP contribution is -2.14. The maximum Gasteiger partial charge on any atom is 0.265 e. The maximum absolute atomic E-state index is 12.6. The predicted octanol–water partition coefficient (Wildman–Crippen LogP) is 2.71. The summed E-state index contributed by atoms with van der Waals surface area (Å²) in [5, 5.41) is 3.05. The van der Waals surface area contributed by atoms with Gasteiger partial charge in [0.2, 0.25) is 0 Å². The highest BCUT2D eigenvalue weighted by Gasteiger charge is 2.20. The van der Waals surface area contributed by atoms with Crippen molar-refractivity contribution in [1.29, 1.82) is 0 Å². The Bertz CT molecular complexity index is 782. The van der Waals surface area contributed by atoms with Crippen molar-refractivity contribution in [1.82, 2.24) is 4.98 Å². The Labute approximate surface area is 149 Å². The van der Waals surface area contributed by atoms with E-state index < -0.39 is 10.0 Å². The fourth-order valence-corrected chi connectivity index (χ4v) is 3.66. The van der Waals surface area contributed by atoms with Crippen LogP contribution < -0.4 is 14.8 Å². The zero-order valence-corrected chi connectivity index (χ0v) is 15.6. The lowest BCUT2D eigenvalue weighted by atomic mass is 10.3. The maximum atomic E-state index is 12.6. The van der Waals surface area contributed by atoms with Crippen molar-refractivity contribution in [3.8, 4) is 5.75 Å². The number of aromatic nitrogens is 1. The topological polar surface area (TPSA) is 89.6 Å².